The highest BCUT2D eigenvalue weighted by atomic mass is 16.8. The van der Waals surface area contributed by atoms with Crippen LogP contribution in [0.3, 0.4) is 0 Å². The van der Waals surface area contributed by atoms with Gasteiger partial charge in [-0.25, -0.2) is 4.68 Å². The number of allylic oxidation sites excluding steroid dienone is 2. The van der Waals surface area contributed by atoms with Crippen molar-refractivity contribution in [1.29, 1.82) is 0 Å². The number of hydrogen-bond donors (Lipinski definition) is 9. The molecule has 0 bridgehead atoms. The fourth-order valence-electron chi connectivity index (χ4n) is 16.4. The van der Waals surface area contributed by atoms with E-state index in [-0.39, 0.29) is 52.6 Å². The second-order valence-electron chi connectivity index (χ2n) is 26.2. The number of hydrogen-bond acceptors (Lipinski definition) is 18. The number of ether oxygens (including phenoxy) is 7. The number of carbonyl (C=O) groups is 1. The second kappa shape index (κ2) is 21.0. The van der Waals surface area contributed by atoms with E-state index in [1.54, 1.807) is 11.8 Å². The minimum absolute atomic E-state index is 0.0590. The van der Waals surface area contributed by atoms with Crippen molar-refractivity contribution in [2.24, 2.45) is 50.2 Å². The van der Waals surface area contributed by atoms with E-state index in [4.69, 9.17) is 33.2 Å². The van der Waals surface area contributed by atoms with Crippen molar-refractivity contribution in [2.75, 3.05) is 20.3 Å². The number of methoxy groups -OCH3 is 1. The number of amides is 1. The first-order chi connectivity index (χ1) is 36.3. The van der Waals surface area contributed by atoms with Crippen LogP contribution in [-0.4, -0.2) is 174 Å². The zero-order valence-electron chi connectivity index (χ0n) is 46.2. The topological polar surface area (TPSA) is 286 Å². The molecule has 8 aliphatic rings. The van der Waals surface area contributed by atoms with E-state index < -0.39 is 110 Å². The van der Waals surface area contributed by atoms with E-state index in [0.29, 0.717) is 18.0 Å². The molecule has 5 aliphatic carbocycles. The Labute approximate surface area is 451 Å². The van der Waals surface area contributed by atoms with Crippen LogP contribution in [0.1, 0.15) is 125 Å². The van der Waals surface area contributed by atoms with Crippen molar-refractivity contribution in [3.05, 3.63) is 47.8 Å². The Hall–Kier alpha value is -3.19. The van der Waals surface area contributed by atoms with Gasteiger partial charge in [-0.1, -0.05) is 71.4 Å². The SMILES string of the molecule is COc1cccc(-n2cc(CNC(=O)[C@]34CCC(C)(C)C[C@H]3C3=CC[C@@H]5[C@@]6(C)CC[C@H](O[C@@H]7OC[C@H](O[C@@H]8O[C@H](CO)[C@@H](O)[C@H](O)[C@H]8O)[C@H](O)[C@H]7O[C@@H]7O[C@@H](C)[C@H](O)[C@@H](O)[C@H]7O)C(C)(C)[C@@H]6CC[C@@]5(C)[C@]3(C)CC4)nn2)c1. The maximum Gasteiger partial charge on any atom is 0.227 e. The number of aromatic nitrogens is 3. The zero-order valence-corrected chi connectivity index (χ0v) is 46.2. The Morgan fingerprint density at radius 2 is 1.51 bits per heavy atom. The van der Waals surface area contributed by atoms with Gasteiger partial charge in [0.05, 0.1) is 56.4 Å². The monoisotopic (exact) mass is 1080 g/mol. The molecule has 4 saturated carbocycles. The van der Waals surface area contributed by atoms with Gasteiger partial charge in [0.25, 0.3) is 0 Å². The molecule has 0 unspecified atom stereocenters. The predicted molar refractivity (Wildman–Crippen MR) is 275 cm³/mol. The summed E-state index contributed by atoms with van der Waals surface area (Å²) in [5.74, 6) is 1.47. The Bertz CT molecular complexity index is 2470. The molecule has 7 fully saturated rings. The summed E-state index contributed by atoms with van der Waals surface area (Å²) in [5.41, 5.74) is 1.78. The van der Waals surface area contributed by atoms with Crippen LogP contribution in [0, 0.1) is 50.2 Å². The number of aliphatic hydroxyl groups excluding tert-OH is 8. The van der Waals surface area contributed by atoms with Crippen molar-refractivity contribution in [3.63, 3.8) is 0 Å². The third-order valence-corrected chi connectivity index (χ3v) is 21.3. The molecule has 3 aliphatic heterocycles. The fourth-order valence-corrected chi connectivity index (χ4v) is 16.4. The Morgan fingerprint density at radius 3 is 2.23 bits per heavy atom. The Kier molecular flexibility index (Phi) is 15.5. The Balaban J connectivity index is 0.870. The Morgan fingerprint density at radius 1 is 0.792 bits per heavy atom. The summed E-state index contributed by atoms with van der Waals surface area (Å²) >= 11 is 0. The van der Waals surface area contributed by atoms with Gasteiger partial charge in [0.15, 0.2) is 18.9 Å². The molecule has 3 saturated heterocycles. The zero-order chi connectivity index (χ0) is 55.4. The summed E-state index contributed by atoms with van der Waals surface area (Å²) in [6.45, 7) is 17.5. The smallest absolute Gasteiger partial charge is 0.227 e. The number of nitrogens with zero attached hydrogens (tertiary/aromatic N) is 3. The van der Waals surface area contributed by atoms with Gasteiger partial charge >= 0.3 is 0 Å². The summed E-state index contributed by atoms with van der Waals surface area (Å²) in [5, 5.41) is 98.1. The van der Waals surface area contributed by atoms with Gasteiger partial charge < -0.3 is 79.3 Å². The normalized spacial score (nSPS) is 46.3. The maximum absolute atomic E-state index is 14.9. The molecular formula is C57H86N4O16. The molecule has 1 aromatic heterocycles. The van der Waals surface area contributed by atoms with Gasteiger partial charge in [0, 0.05) is 6.07 Å². The van der Waals surface area contributed by atoms with Crippen LogP contribution in [0.15, 0.2) is 42.1 Å². The van der Waals surface area contributed by atoms with Gasteiger partial charge in [0.2, 0.25) is 5.91 Å². The van der Waals surface area contributed by atoms with Crippen molar-refractivity contribution in [1.82, 2.24) is 20.3 Å². The van der Waals surface area contributed by atoms with Crippen LogP contribution in [0.5, 0.6) is 5.75 Å². The third-order valence-electron chi connectivity index (χ3n) is 21.3. The first-order valence-electron chi connectivity index (χ1n) is 28.1. The third kappa shape index (κ3) is 9.62. The summed E-state index contributed by atoms with van der Waals surface area (Å²) in [6.07, 6.45) is -7.92. The number of benzene rings is 1. The highest BCUT2D eigenvalue weighted by Gasteiger charge is 2.70. The molecule has 9 N–H and O–H groups in total. The van der Waals surface area contributed by atoms with Crippen molar-refractivity contribution in [2.45, 2.75) is 218 Å². The van der Waals surface area contributed by atoms with Gasteiger partial charge in [-0.15, -0.1) is 5.10 Å². The average Bonchev–Trinajstić information content (AvgIpc) is 4.01. The van der Waals surface area contributed by atoms with Crippen LogP contribution >= 0.6 is 0 Å². The lowest BCUT2D eigenvalue weighted by Gasteiger charge is -2.71. The van der Waals surface area contributed by atoms with Crippen LogP contribution in [-0.2, 0) is 39.8 Å². The number of carbonyl (C=O) groups excluding carboxylic acids is 1. The van der Waals surface area contributed by atoms with Crippen LogP contribution in [0.2, 0.25) is 0 Å². The van der Waals surface area contributed by atoms with Gasteiger partial charge in [-0.05, 0) is 128 Å². The van der Waals surface area contributed by atoms with Crippen LogP contribution < -0.4 is 10.1 Å². The van der Waals surface area contributed by atoms with E-state index in [1.807, 2.05) is 30.5 Å². The van der Waals surface area contributed by atoms with E-state index in [2.05, 4.69) is 70.2 Å². The van der Waals surface area contributed by atoms with Crippen LogP contribution in [0.4, 0.5) is 0 Å². The largest absolute Gasteiger partial charge is 0.497 e. The van der Waals surface area contributed by atoms with E-state index >= 15 is 0 Å². The molecule has 77 heavy (non-hydrogen) atoms. The molecule has 0 radical (unpaired) electrons. The van der Waals surface area contributed by atoms with E-state index in [1.165, 1.54) is 12.5 Å². The molecule has 4 heterocycles. The second-order valence-corrected chi connectivity index (χ2v) is 26.2. The lowest BCUT2D eigenvalue weighted by Crippen LogP contribution is -2.66. The molecule has 2 aromatic rings. The van der Waals surface area contributed by atoms with Crippen molar-refractivity contribution in [3.8, 4) is 11.4 Å². The first-order valence-corrected chi connectivity index (χ1v) is 28.1. The molecule has 0 spiro atoms. The van der Waals surface area contributed by atoms with E-state index in [0.717, 1.165) is 69.2 Å². The van der Waals surface area contributed by atoms with Crippen molar-refractivity contribution >= 4 is 5.91 Å². The first kappa shape index (κ1) is 57.1. The minimum atomic E-state index is -1.76. The van der Waals surface area contributed by atoms with Crippen molar-refractivity contribution < 1.29 is 78.8 Å². The lowest BCUT2D eigenvalue weighted by molar-refractivity contribution is -0.380. The molecule has 10 rings (SSSR count). The van der Waals surface area contributed by atoms with Gasteiger partial charge in [-0.3, -0.25) is 4.79 Å². The highest BCUT2D eigenvalue weighted by Crippen LogP contribution is 2.76. The molecule has 1 aromatic carbocycles. The van der Waals surface area contributed by atoms with Gasteiger partial charge in [-0.2, -0.15) is 0 Å². The average molecular weight is 1080 g/mol. The predicted octanol–water partition coefficient (Wildman–Crippen LogP) is 3.19. The summed E-state index contributed by atoms with van der Waals surface area (Å²) in [6, 6.07) is 7.62. The number of rotatable bonds is 12. The summed E-state index contributed by atoms with van der Waals surface area (Å²) in [7, 11) is 1.63. The summed E-state index contributed by atoms with van der Waals surface area (Å²) in [4.78, 5) is 14.9. The fraction of sp³-hybridized carbons (Fsp3) is 0.807. The molecule has 1 amide bonds. The number of fused-ring (bicyclic) bond motifs is 7. The molecule has 430 valence electrons. The molecule has 20 heteroatoms. The number of aliphatic hydroxyl groups is 8. The lowest BCUT2D eigenvalue weighted by atomic mass is 9.33. The maximum atomic E-state index is 14.9. The molecule has 22 atom stereocenters. The standard InChI is InChI=1S/C57H86N4O16/c1-29-40(63)43(66)45(68)48(73-29)77-47-42(65)36(75-49-46(69)44(67)41(64)35(27-62)74-49)28-72-50(47)76-39-16-17-54(6)37(53(39,4)5)15-18-56(8)38(54)14-13-33-34-24-52(2,3)19-21-57(34,22-20-55(33,56)7)51(70)58-25-30-26-61(60-59-30)31-11-10-12-32(23-31)71-9/h10-13,23,26,29,34-50,62-69H,14-22,24-25,27-28H2,1-9H3,(H,58,70)/t29-,34-,35+,36-,37-,38+,39-,40-,41+,42-,43+,44-,45+,46+,47+,48-,49-,50-,54-,55+,56+,57-/m0/s1. The molecule has 20 nitrogen and oxygen atoms in total. The molecular weight excluding hydrogens is 997 g/mol. The minimum Gasteiger partial charge on any atom is -0.497 e. The quantitative estimate of drug-likeness (QED) is 0.109. The summed E-state index contributed by atoms with van der Waals surface area (Å²) < 4.78 is 44.2. The number of nitrogens with one attached hydrogen (secondary N) is 1. The van der Waals surface area contributed by atoms with Crippen LogP contribution in [0.25, 0.3) is 5.69 Å². The van der Waals surface area contributed by atoms with E-state index in [9.17, 15) is 45.6 Å². The highest BCUT2D eigenvalue weighted by molar-refractivity contribution is 5.84. The van der Waals surface area contributed by atoms with Gasteiger partial charge in [0.1, 0.15) is 72.5 Å².